The average Bonchev–Trinajstić information content (AvgIpc) is 2.77. The first-order valence-corrected chi connectivity index (χ1v) is 5.71. The molecule has 94 valence electrons. The van der Waals surface area contributed by atoms with Crippen LogP contribution in [-0.4, -0.2) is 16.1 Å². The molecule has 0 aliphatic carbocycles. The van der Waals surface area contributed by atoms with Crippen molar-refractivity contribution in [1.82, 2.24) is 10.1 Å². The molecule has 0 spiro atoms. The van der Waals surface area contributed by atoms with E-state index in [2.05, 4.69) is 10.1 Å². The zero-order valence-electron chi connectivity index (χ0n) is 9.88. The minimum Gasteiger partial charge on any atom is -0.454 e. The van der Waals surface area contributed by atoms with Crippen LogP contribution in [0, 0.1) is 0 Å². The van der Waals surface area contributed by atoms with Gasteiger partial charge in [0.2, 0.25) is 5.82 Å². The van der Waals surface area contributed by atoms with E-state index >= 15 is 0 Å². The number of hydrogen-bond donors (Lipinski definition) is 0. The Morgan fingerprint density at radius 1 is 1.50 bits per heavy atom. The maximum atomic E-state index is 10.8. The van der Waals surface area contributed by atoms with E-state index in [4.69, 9.17) is 20.9 Å². The Morgan fingerprint density at radius 3 is 2.94 bits per heavy atom. The number of esters is 1. The SMILES string of the molecule is CC(=O)OC(C)c1noc(-c2cccc(Cl)c2)n1. The molecule has 1 atom stereocenters. The molecule has 1 unspecified atom stereocenters. The van der Waals surface area contributed by atoms with Crippen molar-refractivity contribution < 1.29 is 14.1 Å². The van der Waals surface area contributed by atoms with Gasteiger partial charge in [-0.2, -0.15) is 4.98 Å². The molecular weight excluding hydrogens is 256 g/mol. The summed E-state index contributed by atoms with van der Waals surface area (Å²) in [5.74, 6) is 0.267. The first kappa shape index (κ1) is 12.6. The molecule has 6 heteroatoms. The van der Waals surface area contributed by atoms with Gasteiger partial charge in [0.25, 0.3) is 5.89 Å². The maximum absolute atomic E-state index is 10.8. The van der Waals surface area contributed by atoms with E-state index in [0.717, 1.165) is 5.56 Å². The fraction of sp³-hybridized carbons (Fsp3) is 0.250. The minimum atomic E-state index is -0.542. The van der Waals surface area contributed by atoms with Crippen LogP contribution in [0.1, 0.15) is 25.8 Å². The number of benzene rings is 1. The normalized spacial score (nSPS) is 12.2. The van der Waals surface area contributed by atoms with Gasteiger partial charge in [-0.1, -0.05) is 22.8 Å². The average molecular weight is 267 g/mol. The van der Waals surface area contributed by atoms with Crippen LogP contribution in [0.3, 0.4) is 0 Å². The molecule has 0 N–H and O–H groups in total. The Balaban J connectivity index is 2.22. The summed E-state index contributed by atoms with van der Waals surface area (Å²) in [7, 11) is 0. The van der Waals surface area contributed by atoms with Crippen molar-refractivity contribution >= 4 is 17.6 Å². The third-order valence-corrected chi connectivity index (χ3v) is 2.45. The van der Waals surface area contributed by atoms with E-state index in [1.54, 1.807) is 31.2 Å². The van der Waals surface area contributed by atoms with Gasteiger partial charge in [-0.05, 0) is 25.1 Å². The monoisotopic (exact) mass is 266 g/mol. The Labute approximate surface area is 109 Å². The Morgan fingerprint density at radius 2 is 2.28 bits per heavy atom. The quantitative estimate of drug-likeness (QED) is 0.799. The first-order valence-electron chi connectivity index (χ1n) is 5.33. The second kappa shape index (κ2) is 5.18. The number of rotatable bonds is 3. The summed E-state index contributed by atoms with van der Waals surface area (Å²) in [4.78, 5) is 15.0. The number of aromatic nitrogens is 2. The maximum Gasteiger partial charge on any atom is 0.303 e. The molecule has 1 aromatic carbocycles. The lowest BCUT2D eigenvalue weighted by atomic mass is 10.2. The highest BCUT2D eigenvalue weighted by molar-refractivity contribution is 6.30. The van der Waals surface area contributed by atoms with E-state index in [1.807, 2.05) is 0 Å². The Hall–Kier alpha value is -1.88. The molecule has 5 nitrogen and oxygen atoms in total. The number of halogens is 1. The number of ether oxygens (including phenoxy) is 1. The lowest BCUT2D eigenvalue weighted by molar-refractivity contribution is -0.146. The highest BCUT2D eigenvalue weighted by atomic mass is 35.5. The summed E-state index contributed by atoms with van der Waals surface area (Å²) in [6.45, 7) is 3.00. The van der Waals surface area contributed by atoms with Crippen molar-refractivity contribution in [2.24, 2.45) is 0 Å². The van der Waals surface area contributed by atoms with Crippen LogP contribution in [0.4, 0.5) is 0 Å². The molecule has 18 heavy (non-hydrogen) atoms. The van der Waals surface area contributed by atoms with Gasteiger partial charge >= 0.3 is 5.97 Å². The molecule has 1 aromatic heterocycles. The molecule has 0 aliphatic heterocycles. The molecule has 0 bridgehead atoms. The first-order chi connectivity index (χ1) is 8.56. The van der Waals surface area contributed by atoms with E-state index < -0.39 is 12.1 Å². The van der Waals surface area contributed by atoms with E-state index in [-0.39, 0.29) is 0 Å². The predicted octanol–water partition coefficient (Wildman–Crippen LogP) is 3.01. The van der Waals surface area contributed by atoms with Crippen molar-refractivity contribution in [3.8, 4) is 11.5 Å². The molecule has 0 saturated carbocycles. The molecule has 0 amide bonds. The standard InChI is InChI=1S/C12H11ClN2O3/c1-7(17-8(2)16)11-14-12(18-15-11)9-4-3-5-10(13)6-9/h3-7H,1-2H3. The van der Waals surface area contributed by atoms with Gasteiger partial charge in [-0.25, -0.2) is 0 Å². The number of carbonyl (C=O) groups excluding carboxylic acids is 1. The van der Waals surface area contributed by atoms with Crippen molar-refractivity contribution in [1.29, 1.82) is 0 Å². The molecule has 0 saturated heterocycles. The van der Waals surface area contributed by atoms with Crippen LogP contribution < -0.4 is 0 Å². The van der Waals surface area contributed by atoms with Crippen molar-refractivity contribution in [3.63, 3.8) is 0 Å². The minimum absolute atomic E-state index is 0.320. The summed E-state index contributed by atoms with van der Waals surface area (Å²) < 4.78 is 10.1. The lowest BCUT2D eigenvalue weighted by Gasteiger charge is -2.05. The zero-order valence-corrected chi connectivity index (χ0v) is 10.6. The number of nitrogens with zero attached hydrogens (tertiary/aromatic N) is 2. The number of hydrogen-bond acceptors (Lipinski definition) is 5. The predicted molar refractivity (Wildman–Crippen MR) is 64.9 cm³/mol. The zero-order chi connectivity index (χ0) is 13.1. The van der Waals surface area contributed by atoms with Crippen LogP contribution in [0.2, 0.25) is 5.02 Å². The molecule has 0 aliphatic rings. The van der Waals surface area contributed by atoms with Gasteiger partial charge in [0.1, 0.15) is 0 Å². The van der Waals surface area contributed by atoms with Crippen molar-refractivity contribution in [2.45, 2.75) is 20.0 Å². The van der Waals surface area contributed by atoms with Gasteiger partial charge < -0.3 is 9.26 Å². The topological polar surface area (TPSA) is 65.2 Å². The molecule has 0 fully saturated rings. The van der Waals surface area contributed by atoms with Crippen LogP contribution in [0.5, 0.6) is 0 Å². The second-order valence-corrected chi connectivity index (χ2v) is 4.16. The van der Waals surface area contributed by atoms with Gasteiger partial charge in [0.05, 0.1) is 0 Å². The van der Waals surface area contributed by atoms with Crippen LogP contribution in [0.15, 0.2) is 28.8 Å². The summed E-state index contributed by atoms with van der Waals surface area (Å²) in [5.41, 5.74) is 0.719. The fourth-order valence-corrected chi connectivity index (χ4v) is 1.63. The van der Waals surface area contributed by atoms with Gasteiger partial charge in [0, 0.05) is 17.5 Å². The van der Waals surface area contributed by atoms with Crippen molar-refractivity contribution in [2.75, 3.05) is 0 Å². The van der Waals surface area contributed by atoms with Gasteiger partial charge in [0.15, 0.2) is 6.10 Å². The number of carbonyl (C=O) groups is 1. The highest BCUT2D eigenvalue weighted by Crippen LogP contribution is 2.23. The third kappa shape index (κ3) is 2.87. The van der Waals surface area contributed by atoms with E-state index in [9.17, 15) is 4.79 Å². The van der Waals surface area contributed by atoms with E-state index in [1.165, 1.54) is 6.92 Å². The van der Waals surface area contributed by atoms with E-state index in [0.29, 0.717) is 16.7 Å². The summed E-state index contributed by atoms with van der Waals surface area (Å²) >= 11 is 5.87. The summed E-state index contributed by atoms with van der Waals surface area (Å²) in [5, 5.41) is 4.35. The van der Waals surface area contributed by atoms with Crippen LogP contribution >= 0.6 is 11.6 Å². The largest absolute Gasteiger partial charge is 0.454 e. The van der Waals surface area contributed by atoms with Gasteiger partial charge in [-0.15, -0.1) is 0 Å². The molecule has 2 rings (SSSR count). The Kier molecular flexibility index (Phi) is 3.62. The smallest absolute Gasteiger partial charge is 0.303 e. The Bertz CT molecular complexity index is 568. The molecule has 2 aromatic rings. The van der Waals surface area contributed by atoms with Crippen LogP contribution in [0.25, 0.3) is 11.5 Å². The molecule has 0 radical (unpaired) electrons. The fourth-order valence-electron chi connectivity index (χ4n) is 1.44. The van der Waals surface area contributed by atoms with Crippen LogP contribution in [-0.2, 0) is 9.53 Å². The third-order valence-electron chi connectivity index (χ3n) is 2.22. The molecule has 1 heterocycles. The second-order valence-electron chi connectivity index (χ2n) is 3.72. The summed E-state index contributed by atoms with van der Waals surface area (Å²) in [6, 6.07) is 7.07. The van der Waals surface area contributed by atoms with Crippen molar-refractivity contribution in [3.05, 3.63) is 35.1 Å². The highest BCUT2D eigenvalue weighted by Gasteiger charge is 2.17. The molecular formula is C12H11ClN2O3. The van der Waals surface area contributed by atoms with Gasteiger partial charge in [-0.3, -0.25) is 4.79 Å². The summed E-state index contributed by atoms with van der Waals surface area (Å²) in [6.07, 6.45) is -0.542. The lowest BCUT2D eigenvalue weighted by Crippen LogP contribution is -2.06.